The van der Waals surface area contributed by atoms with Crippen molar-refractivity contribution in [1.82, 2.24) is 40.2 Å². The van der Waals surface area contributed by atoms with Gasteiger partial charge in [0.2, 0.25) is 11.8 Å². The summed E-state index contributed by atoms with van der Waals surface area (Å²) in [5.41, 5.74) is 14.6. The lowest BCUT2D eigenvalue weighted by Crippen LogP contribution is -2.52. The SMILES string of the molecule is COc1ccc(F)cc1C(=O)NCc1ccc(-c2nn(C3CCN(c4ccc(CN5CCN(c6ccc7c(c6)CN(C6CCC(=O)NC6=O)C7=O)CC5)cc4)C3)c3ncnc(N)c23)cc1. The number of anilines is 3. The number of piperidine rings is 1. The highest BCUT2D eigenvalue weighted by atomic mass is 19.1. The molecule has 6 heterocycles. The first kappa shape index (κ1) is 41.6. The number of nitrogen functional groups attached to an aromatic ring is 1. The molecule has 4 aliphatic heterocycles. The number of benzene rings is 4. The number of hydrogen-bond donors (Lipinski definition) is 3. The van der Waals surface area contributed by atoms with Crippen molar-refractivity contribution in [1.29, 1.82) is 0 Å². The number of piperazine rings is 1. The zero-order valence-corrected chi connectivity index (χ0v) is 35.9. The molecule has 4 N–H and O–H groups in total. The average Bonchev–Trinajstić information content (AvgIpc) is 4.05. The number of nitrogens with one attached hydrogen (secondary N) is 2. The van der Waals surface area contributed by atoms with E-state index in [1.165, 1.54) is 31.1 Å². The average molecular weight is 878 g/mol. The van der Waals surface area contributed by atoms with Crippen molar-refractivity contribution in [2.45, 2.75) is 51.0 Å². The lowest BCUT2D eigenvalue weighted by atomic mass is 10.0. The second-order valence-electron chi connectivity index (χ2n) is 17.0. The second-order valence-corrected chi connectivity index (χ2v) is 17.0. The standard InChI is InChI=1S/C48H48FN11O5/c1-65-40-14-8-33(49)23-38(40)46(62)51-24-29-2-6-31(7-3-29)43-42-44(50)52-28-53-45(42)60(55-43)36-16-17-58(27-36)34-9-4-30(5-10-34)25-56-18-20-57(21-19-56)35-11-12-37-32(22-35)26-59(48(37)64)39-13-15-41(61)54-47(39)63/h2-12,14,22-23,28,36,39H,13,15-21,24-27H2,1H3,(H,51,62)(H2,50,52,53)(H,54,61,63). The minimum Gasteiger partial charge on any atom is -0.496 e. The highest BCUT2D eigenvalue weighted by molar-refractivity contribution is 6.05. The molecule has 0 saturated carbocycles. The van der Waals surface area contributed by atoms with Crippen LogP contribution in [0, 0.1) is 5.82 Å². The van der Waals surface area contributed by atoms with Gasteiger partial charge in [0, 0.05) is 87.8 Å². The van der Waals surface area contributed by atoms with E-state index in [-0.39, 0.29) is 36.4 Å². The summed E-state index contributed by atoms with van der Waals surface area (Å²) in [7, 11) is 1.44. The number of halogens is 1. The zero-order chi connectivity index (χ0) is 44.8. The van der Waals surface area contributed by atoms with Crippen molar-refractivity contribution in [3.05, 3.63) is 125 Å². The fourth-order valence-electron chi connectivity index (χ4n) is 9.54. The fourth-order valence-corrected chi connectivity index (χ4v) is 9.54. The van der Waals surface area contributed by atoms with E-state index in [0.717, 1.165) is 86.4 Å². The Morgan fingerprint density at radius 1 is 0.877 bits per heavy atom. The summed E-state index contributed by atoms with van der Waals surface area (Å²) in [5.74, 6) is -1.15. The Morgan fingerprint density at radius 3 is 2.42 bits per heavy atom. The van der Waals surface area contributed by atoms with Gasteiger partial charge in [-0.15, -0.1) is 0 Å². The van der Waals surface area contributed by atoms with Gasteiger partial charge >= 0.3 is 0 Å². The molecule has 3 saturated heterocycles. The van der Waals surface area contributed by atoms with Crippen LogP contribution < -0.4 is 30.9 Å². The smallest absolute Gasteiger partial charge is 0.255 e. The van der Waals surface area contributed by atoms with Gasteiger partial charge in [-0.25, -0.2) is 19.0 Å². The summed E-state index contributed by atoms with van der Waals surface area (Å²) < 4.78 is 21.1. The Hall–Kier alpha value is -7.40. The van der Waals surface area contributed by atoms with Crippen LogP contribution in [0.1, 0.15) is 62.7 Å². The molecule has 2 aromatic heterocycles. The number of carbonyl (C=O) groups excluding carboxylic acids is 4. The number of fused-ring (bicyclic) bond motifs is 2. The summed E-state index contributed by atoms with van der Waals surface area (Å²) in [4.78, 5) is 67.9. The molecule has 3 fully saturated rings. The molecule has 10 rings (SSSR count). The molecule has 4 aromatic carbocycles. The molecular weight excluding hydrogens is 830 g/mol. The van der Waals surface area contributed by atoms with Gasteiger partial charge in [0.05, 0.1) is 24.1 Å². The summed E-state index contributed by atoms with van der Waals surface area (Å²) >= 11 is 0. The number of ether oxygens (including phenoxy) is 1. The van der Waals surface area contributed by atoms with Crippen LogP contribution in [-0.2, 0) is 29.2 Å². The van der Waals surface area contributed by atoms with Crippen molar-refractivity contribution in [2.24, 2.45) is 0 Å². The van der Waals surface area contributed by atoms with Crippen LogP contribution in [-0.4, -0.2) is 106 Å². The molecule has 4 amide bonds. The first-order valence-electron chi connectivity index (χ1n) is 21.9. The van der Waals surface area contributed by atoms with E-state index in [1.54, 1.807) is 4.90 Å². The van der Waals surface area contributed by atoms with Crippen molar-refractivity contribution in [3.8, 4) is 17.0 Å². The number of rotatable bonds is 11. The van der Waals surface area contributed by atoms with Gasteiger partial charge in [-0.1, -0.05) is 36.4 Å². The first-order valence-corrected chi connectivity index (χ1v) is 21.9. The summed E-state index contributed by atoms with van der Waals surface area (Å²) in [6, 6.07) is 25.7. The molecule has 16 nitrogen and oxygen atoms in total. The van der Waals surface area contributed by atoms with E-state index in [4.69, 9.17) is 15.6 Å². The van der Waals surface area contributed by atoms with Gasteiger partial charge in [0.25, 0.3) is 11.8 Å². The van der Waals surface area contributed by atoms with Crippen LogP contribution in [0.3, 0.4) is 0 Å². The summed E-state index contributed by atoms with van der Waals surface area (Å²) in [6.07, 6.45) is 2.93. The predicted molar refractivity (Wildman–Crippen MR) is 242 cm³/mol. The monoisotopic (exact) mass is 877 g/mol. The van der Waals surface area contributed by atoms with E-state index >= 15 is 0 Å². The Kier molecular flexibility index (Phi) is 11.1. The molecule has 332 valence electrons. The lowest BCUT2D eigenvalue weighted by molar-refractivity contribution is -0.136. The quantitative estimate of drug-likeness (QED) is 0.153. The third kappa shape index (κ3) is 8.18. The van der Waals surface area contributed by atoms with E-state index in [2.05, 4.69) is 65.6 Å². The minimum absolute atomic E-state index is 0.0567. The predicted octanol–water partition coefficient (Wildman–Crippen LogP) is 4.69. The molecule has 6 aromatic rings. The third-order valence-electron chi connectivity index (χ3n) is 13.1. The Morgan fingerprint density at radius 2 is 1.65 bits per heavy atom. The van der Waals surface area contributed by atoms with E-state index < -0.39 is 23.7 Å². The van der Waals surface area contributed by atoms with Crippen molar-refractivity contribution in [2.75, 3.05) is 61.9 Å². The van der Waals surface area contributed by atoms with Crippen LogP contribution in [0.5, 0.6) is 5.75 Å². The van der Waals surface area contributed by atoms with Crippen molar-refractivity contribution < 1.29 is 28.3 Å². The van der Waals surface area contributed by atoms with E-state index in [1.807, 2.05) is 41.1 Å². The maximum Gasteiger partial charge on any atom is 0.255 e. The van der Waals surface area contributed by atoms with E-state index in [0.29, 0.717) is 46.8 Å². The Balaban J connectivity index is 0.743. The van der Waals surface area contributed by atoms with Gasteiger partial charge in [0.1, 0.15) is 35.4 Å². The number of nitrogens with two attached hydrogens (primary N) is 1. The maximum absolute atomic E-state index is 13.9. The third-order valence-corrected chi connectivity index (χ3v) is 13.1. The topological polar surface area (TPSA) is 184 Å². The molecule has 2 atom stereocenters. The highest BCUT2D eigenvalue weighted by Crippen LogP contribution is 2.36. The van der Waals surface area contributed by atoms with Gasteiger partial charge in [-0.3, -0.25) is 29.4 Å². The van der Waals surface area contributed by atoms with Crippen LogP contribution in [0.15, 0.2) is 91.3 Å². The van der Waals surface area contributed by atoms with Gasteiger partial charge in [0.15, 0.2) is 5.65 Å². The number of methoxy groups -OCH3 is 1. The summed E-state index contributed by atoms with van der Waals surface area (Å²) in [6.45, 7) is 6.58. The van der Waals surface area contributed by atoms with Crippen LogP contribution in [0.2, 0.25) is 0 Å². The highest BCUT2D eigenvalue weighted by Gasteiger charge is 2.39. The number of carbonyl (C=O) groups is 4. The number of nitrogens with zero attached hydrogens (tertiary/aromatic N) is 8. The largest absolute Gasteiger partial charge is 0.496 e. The lowest BCUT2D eigenvalue weighted by Gasteiger charge is -2.36. The van der Waals surface area contributed by atoms with E-state index in [9.17, 15) is 23.6 Å². The molecule has 0 bridgehead atoms. The fraction of sp³-hybridized carbons (Fsp3) is 0.312. The Bertz CT molecular complexity index is 2830. The number of aromatic nitrogens is 4. The Labute approximate surface area is 374 Å². The van der Waals surface area contributed by atoms with Crippen molar-refractivity contribution in [3.63, 3.8) is 0 Å². The normalized spacial score (nSPS) is 18.9. The molecule has 0 radical (unpaired) electrons. The molecule has 17 heteroatoms. The van der Waals surface area contributed by atoms with Gasteiger partial charge in [-0.05, 0) is 78.1 Å². The number of imide groups is 1. The number of hydrogen-bond acceptors (Lipinski definition) is 12. The maximum atomic E-state index is 13.9. The van der Waals surface area contributed by atoms with Crippen molar-refractivity contribution >= 4 is 51.9 Å². The molecule has 0 spiro atoms. The zero-order valence-electron chi connectivity index (χ0n) is 35.9. The van der Waals surface area contributed by atoms with Gasteiger partial charge < -0.3 is 30.5 Å². The molecule has 4 aliphatic rings. The minimum atomic E-state index is -0.620. The summed E-state index contributed by atoms with van der Waals surface area (Å²) in [5, 5.41) is 11.0. The second kappa shape index (κ2) is 17.3. The van der Waals surface area contributed by atoms with Gasteiger partial charge in [-0.2, -0.15) is 5.10 Å². The van der Waals surface area contributed by atoms with Crippen LogP contribution in [0.4, 0.5) is 21.6 Å². The molecule has 0 aliphatic carbocycles. The van der Waals surface area contributed by atoms with Crippen LogP contribution >= 0.6 is 0 Å². The first-order chi connectivity index (χ1) is 31.6. The molecule has 65 heavy (non-hydrogen) atoms. The molecular formula is C48H48FN11O5. The number of amides is 4. The van der Waals surface area contributed by atoms with Crippen LogP contribution in [0.25, 0.3) is 22.3 Å². The molecule has 2 unspecified atom stereocenters.